The first-order valence-corrected chi connectivity index (χ1v) is 6.61. The monoisotopic (exact) mass is 286 g/mol. The van der Waals surface area contributed by atoms with Crippen LogP contribution in [0.3, 0.4) is 0 Å². The highest BCUT2D eigenvalue weighted by Crippen LogP contribution is 2.21. The Morgan fingerprint density at radius 2 is 2.00 bits per heavy atom. The van der Waals surface area contributed by atoms with Crippen LogP contribution in [0.4, 0.5) is 13.2 Å². The maximum atomic E-state index is 13.6. The molecule has 1 aromatic rings. The van der Waals surface area contributed by atoms with Crippen molar-refractivity contribution < 1.29 is 18.0 Å². The number of benzene rings is 1. The van der Waals surface area contributed by atoms with E-state index in [4.69, 9.17) is 0 Å². The van der Waals surface area contributed by atoms with Gasteiger partial charge in [-0.05, 0) is 32.4 Å². The third-order valence-electron chi connectivity index (χ3n) is 3.52. The van der Waals surface area contributed by atoms with E-state index in [-0.39, 0.29) is 5.92 Å². The molecule has 0 radical (unpaired) electrons. The van der Waals surface area contributed by atoms with Crippen molar-refractivity contribution >= 4 is 5.91 Å². The van der Waals surface area contributed by atoms with Gasteiger partial charge in [0.1, 0.15) is 23.0 Å². The molecule has 1 amide bonds. The molecule has 1 heterocycles. The van der Waals surface area contributed by atoms with Gasteiger partial charge >= 0.3 is 0 Å². The first kappa shape index (κ1) is 14.8. The molecule has 1 saturated heterocycles. The highest BCUT2D eigenvalue weighted by Gasteiger charge is 2.28. The largest absolute Gasteiger partial charge is 0.338 e. The second-order valence-electron chi connectivity index (χ2n) is 5.06. The highest BCUT2D eigenvalue weighted by atomic mass is 19.1. The number of nitrogens with one attached hydrogen (secondary N) is 1. The van der Waals surface area contributed by atoms with E-state index in [0.717, 1.165) is 19.4 Å². The van der Waals surface area contributed by atoms with Crippen LogP contribution >= 0.6 is 0 Å². The Morgan fingerprint density at radius 1 is 1.35 bits per heavy atom. The fraction of sp³-hybridized carbons (Fsp3) is 0.500. The molecule has 1 fully saturated rings. The van der Waals surface area contributed by atoms with E-state index in [2.05, 4.69) is 5.32 Å². The van der Waals surface area contributed by atoms with Crippen LogP contribution in [0.5, 0.6) is 0 Å². The molecule has 0 spiro atoms. The SMILES string of the molecule is CNCC1CCCN(C(=O)c2c(F)cc(F)cc2F)C1. The predicted octanol–water partition coefficient (Wildman–Crippen LogP) is 2.18. The van der Waals surface area contributed by atoms with Crippen molar-refractivity contribution in [3.8, 4) is 0 Å². The van der Waals surface area contributed by atoms with Crippen molar-refractivity contribution in [2.24, 2.45) is 5.92 Å². The summed E-state index contributed by atoms with van der Waals surface area (Å²) in [6.07, 6.45) is 1.77. The quantitative estimate of drug-likeness (QED) is 0.923. The number of likely N-dealkylation sites (tertiary alicyclic amines) is 1. The van der Waals surface area contributed by atoms with Crippen LogP contribution < -0.4 is 5.32 Å². The number of carbonyl (C=O) groups is 1. The molecule has 0 aliphatic carbocycles. The smallest absolute Gasteiger partial charge is 0.259 e. The maximum Gasteiger partial charge on any atom is 0.259 e. The first-order valence-electron chi connectivity index (χ1n) is 6.61. The molecule has 0 saturated carbocycles. The summed E-state index contributed by atoms with van der Waals surface area (Å²) in [5.41, 5.74) is -0.670. The molecular weight excluding hydrogens is 269 g/mol. The molecule has 20 heavy (non-hydrogen) atoms. The lowest BCUT2D eigenvalue weighted by Gasteiger charge is -2.32. The van der Waals surface area contributed by atoms with Gasteiger partial charge < -0.3 is 10.2 Å². The molecule has 1 aromatic carbocycles. The number of amides is 1. The predicted molar refractivity (Wildman–Crippen MR) is 68.9 cm³/mol. The Balaban J connectivity index is 2.19. The molecule has 110 valence electrons. The lowest BCUT2D eigenvalue weighted by molar-refractivity contribution is 0.0664. The standard InChI is InChI=1S/C14H17F3N2O/c1-18-7-9-3-2-4-19(8-9)14(20)13-11(16)5-10(15)6-12(13)17/h5-6,9,18H,2-4,7-8H2,1H3. The Labute approximate surface area is 115 Å². The third-order valence-corrected chi connectivity index (χ3v) is 3.52. The summed E-state index contributed by atoms with van der Waals surface area (Å²) in [7, 11) is 1.82. The number of rotatable bonds is 3. The summed E-state index contributed by atoms with van der Waals surface area (Å²) in [4.78, 5) is 13.6. The Bertz CT molecular complexity index is 482. The maximum absolute atomic E-state index is 13.6. The van der Waals surface area contributed by atoms with Gasteiger partial charge in [0.25, 0.3) is 5.91 Å². The number of halogens is 3. The van der Waals surface area contributed by atoms with Crippen molar-refractivity contribution in [1.29, 1.82) is 0 Å². The van der Waals surface area contributed by atoms with E-state index in [1.807, 2.05) is 7.05 Å². The number of nitrogens with zero attached hydrogens (tertiary/aromatic N) is 1. The van der Waals surface area contributed by atoms with E-state index < -0.39 is 28.9 Å². The molecule has 2 rings (SSSR count). The minimum atomic E-state index is -1.15. The number of hydrogen-bond donors (Lipinski definition) is 1. The van der Waals surface area contributed by atoms with E-state index in [9.17, 15) is 18.0 Å². The summed E-state index contributed by atoms with van der Waals surface area (Å²) in [6.45, 7) is 1.67. The minimum absolute atomic E-state index is 0.268. The molecule has 3 nitrogen and oxygen atoms in total. The van der Waals surface area contributed by atoms with Gasteiger partial charge in [-0.25, -0.2) is 13.2 Å². The van der Waals surface area contributed by atoms with Crippen LogP contribution in [-0.2, 0) is 0 Å². The average Bonchev–Trinajstić information content (AvgIpc) is 2.38. The van der Waals surface area contributed by atoms with Crippen LogP contribution in [0.25, 0.3) is 0 Å². The van der Waals surface area contributed by atoms with Gasteiger partial charge in [0, 0.05) is 25.2 Å². The fourth-order valence-electron chi connectivity index (χ4n) is 2.61. The van der Waals surface area contributed by atoms with Crippen molar-refractivity contribution in [1.82, 2.24) is 10.2 Å². The Morgan fingerprint density at radius 3 is 2.60 bits per heavy atom. The number of carbonyl (C=O) groups excluding carboxylic acids is 1. The van der Waals surface area contributed by atoms with Gasteiger partial charge in [-0.2, -0.15) is 0 Å². The second-order valence-corrected chi connectivity index (χ2v) is 5.06. The molecule has 0 aromatic heterocycles. The van der Waals surface area contributed by atoms with Gasteiger partial charge in [-0.3, -0.25) is 4.79 Å². The van der Waals surface area contributed by atoms with E-state index in [1.54, 1.807) is 0 Å². The molecule has 6 heteroatoms. The van der Waals surface area contributed by atoms with E-state index in [1.165, 1.54) is 4.90 Å². The summed E-state index contributed by atoms with van der Waals surface area (Å²) in [6, 6.07) is 1.07. The molecule has 1 unspecified atom stereocenters. The van der Waals surface area contributed by atoms with Crippen LogP contribution in [0.1, 0.15) is 23.2 Å². The fourth-order valence-corrected chi connectivity index (χ4v) is 2.61. The van der Waals surface area contributed by atoms with E-state index >= 15 is 0 Å². The topological polar surface area (TPSA) is 32.3 Å². The zero-order chi connectivity index (χ0) is 14.7. The lowest BCUT2D eigenvalue weighted by Crippen LogP contribution is -2.43. The van der Waals surface area contributed by atoms with Gasteiger partial charge in [0.15, 0.2) is 0 Å². The summed E-state index contributed by atoms with van der Waals surface area (Å²) in [5.74, 6) is -3.76. The normalized spacial score (nSPS) is 19.2. The van der Waals surface area contributed by atoms with E-state index in [0.29, 0.717) is 25.2 Å². The Hall–Kier alpha value is -1.56. The molecule has 1 aliphatic rings. The zero-order valence-corrected chi connectivity index (χ0v) is 11.3. The van der Waals surface area contributed by atoms with Crippen molar-refractivity contribution in [3.05, 3.63) is 35.1 Å². The van der Waals surface area contributed by atoms with Gasteiger partial charge in [-0.15, -0.1) is 0 Å². The third kappa shape index (κ3) is 3.12. The summed E-state index contributed by atoms with van der Waals surface area (Å²) >= 11 is 0. The van der Waals surface area contributed by atoms with Crippen molar-refractivity contribution in [3.63, 3.8) is 0 Å². The van der Waals surface area contributed by atoms with Crippen molar-refractivity contribution in [2.45, 2.75) is 12.8 Å². The molecule has 0 bridgehead atoms. The number of hydrogen-bond acceptors (Lipinski definition) is 2. The second kappa shape index (κ2) is 6.26. The zero-order valence-electron chi connectivity index (χ0n) is 11.3. The van der Waals surface area contributed by atoms with Crippen LogP contribution in [0, 0.1) is 23.4 Å². The average molecular weight is 286 g/mol. The highest BCUT2D eigenvalue weighted by molar-refractivity contribution is 5.94. The first-order chi connectivity index (χ1) is 9.52. The van der Waals surface area contributed by atoms with Gasteiger partial charge in [0.2, 0.25) is 0 Å². The minimum Gasteiger partial charge on any atom is -0.338 e. The van der Waals surface area contributed by atoms with Crippen molar-refractivity contribution in [2.75, 3.05) is 26.7 Å². The number of piperidine rings is 1. The molecule has 1 aliphatic heterocycles. The molecule has 1 atom stereocenters. The van der Waals surface area contributed by atoms with Crippen LogP contribution in [0.2, 0.25) is 0 Å². The lowest BCUT2D eigenvalue weighted by atomic mass is 9.97. The van der Waals surface area contributed by atoms with Crippen LogP contribution in [0.15, 0.2) is 12.1 Å². The Kier molecular flexibility index (Phi) is 4.65. The summed E-state index contributed by atoms with van der Waals surface area (Å²) < 4.78 is 40.1. The van der Waals surface area contributed by atoms with Crippen LogP contribution in [-0.4, -0.2) is 37.5 Å². The van der Waals surface area contributed by atoms with Gasteiger partial charge in [0.05, 0.1) is 0 Å². The molecule has 1 N–H and O–H groups in total. The van der Waals surface area contributed by atoms with Gasteiger partial charge in [-0.1, -0.05) is 0 Å². The summed E-state index contributed by atoms with van der Waals surface area (Å²) in [5, 5.41) is 3.03. The molecular formula is C14H17F3N2O.